The fourth-order valence-corrected chi connectivity index (χ4v) is 5.58. The Morgan fingerprint density at radius 2 is 2.19 bits per heavy atom. The molecule has 2 aliphatic rings. The number of halogens is 1. The average Bonchev–Trinajstić information content (AvgIpc) is 3.64. The summed E-state index contributed by atoms with van der Waals surface area (Å²) in [7, 11) is 0.365. The molecule has 198 valence electrons. The summed E-state index contributed by atoms with van der Waals surface area (Å²) in [5.41, 5.74) is 7.63. The summed E-state index contributed by atoms with van der Waals surface area (Å²) in [6.45, 7) is 0.512. The highest BCUT2D eigenvalue weighted by Crippen LogP contribution is 2.47. The molecular weight excluding hydrogens is 529 g/mol. The second-order valence-electron chi connectivity index (χ2n) is 8.53. The number of hydrogen-bond donors (Lipinski definition) is 4. The molecule has 2 aromatic rings. The number of rotatable bonds is 12. The van der Waals surface area contributed by atoms with E-state index in [2.05, 4.69) is 42.8 Å². The average molecular weight is 560 g/mol. The van der Waals surface area contributed by atoms with Gasteiger partial charge in [0.15, 0.2) is 17.7 Å². The van der Waals surface area contributed by atoms with E-state index in [0.717, 1.165) is 31.1 Å². The second-order valence-corrected chi connectivity index (χ2v) is 11.6. The predicted molar refractivity (Wildman–Crippen MR) is 140 cm³/mol. The highest BCUT2D eigenvalue weighted by atomic mass is 35.5. The highest BCUT2D eigenvalue weighted by molar-refractivity contribution is 8.43. The molecule has 1 aliphatic carbocycles. The fourth-order valence-electron chi connectivity index (χ4n) is 4.33. The molecule has 4 N–H and O–H groups in total. The van der Waals surface area contributed by atoms with Crippen LogP contribution in [0.1, 0.15) is 44.8 Å². The van der Waals surface area contributed by atoms with Crippen LogP contribution in [0.2, 0.25) is 5.28 Å². The molecule has 36 heavy (non-hydrogen) atoms. The molecule has 13 nitrogen and oxygen atoms in total. The Morgan fingerprint density at radius 1 is 1.39 bits per heavy atom. The summed E-state index contributed by atoms with van der Waals surface area (Å²) >= 11 is 10.7. The van der Waals surface area contributed by atoms with E-state index in [1.54, 1.807) is 18.0 Å². The van der Waals surface area contributed by atoms with Gasteiger partial charge in [-0.1, -0.05) is 12.8 Å². The van der Waals surface area contributed by atoms with Gasteiger partial charge in [-0.2, -0.15) is 20.2 Å². The van der Waals surface area contributed by atoms with Crippen molar-refractivity contribution in [3.63, 3.8) is 0 Å². The number of hydrogen-bond acceptors (Lipinski definition) is 12. The molecule has 2 fully saturated rings. The third kappa shape index (κ3) is 6.80. The molecule has 4 unspecified atom stereocenters. The van der Waals surface area contributed by atoms with Crippen molar-refractivity contribution in [1.82, 2.24) is 19.7 Å². The van der Waals surface area contributed by atoms with E-state index in [9.17, 15) is 0 Å². The van der Waals surface area contributed by atoms with Gasteiger partial charge in [0.1, 0.15) is 25.6 Å². The third-order valence-corrected chi connectivity index (χ3v) is 8.75. The minimum Gasteiger partial charge on any atom is -0.370 e. The van der Waals surface area contributed by atoms with E-state index in [-0.39, 0.29) is 36.7 Å². The maximum absolute atomic E-state index is 6.99. The maximum atomic E-state index is 6.99. The molecule has 0 radical (unpaired) electrons. The summed E-state index contributed by atoms with van der Waals surface area (Å²) < 4.78 is 24.9. The normalized spacial score (nSPS) is 22.8. The Kier molecular flexibility index (Phi) is 10.1. The Balaban J connectivity index is 1.36. The SMILES string of the molecule is COP(S)C(COC/C(N=N)=N/N)OCC1CCC(n2ncc3c(NC4CCCC4)nc(Cl)nc32)O1. The molecule has 1 aliphatic heterocycles. The molecule has 4 rings (SSSR count). The lowest BCUT2D eigenvalue weighted by Crippen LogP contribution is -2.25. The molecular formula is C20H31ClN9O4PS. The van der Waals surface area contributed by atoms with Crippen LogP contribution in [-0.4, -0.2) is 70.5 Å². The van der Waals surface area contributed by atoms with Gasteiger partial charge in [0.25, 0.3) is 0 Å². The monoisotopic (exact) mass is 559 g/mol. The summed E-state index contributed by atoms with van der Waals surface area (Å²) in [5.74, 6) is 5.53. The molecule has 0 aromatic carbocycles. The van der Waals surface area contributed by atoms with Gasteiger partial charge in [0, 0.05) is 13.2 Å². The van der Waals surface area contributed by atoms with Crippen LogP contribution in [0.5, 0.6) is 0 Å². The Labute approximate surface area is 220 Å². The zero-order chi connectivity index (χ0) is 25.5. The molecule has 3 heterocycles. The van der Waals surface area contributed by atoms with Gasteiger partial charge in [-0.3, -0.25) is 0 Å². The minimum absolute atomic E-state index is 0.00307. The number of thiol groups is 1. The van der Waals surface area contributed by atoms with Gasteiger partial charge in [-0.15, -0.1) is 17.4 Å². The van der Waals surface area contributed by atoms with Crippen LogP contribution in [0, 0.1) is 5.53 Å². The van der Waals surface area contributed by atoms with Crippen molar-refractivity contribution in [2.24, 2.45) is 16.1 Å². The summed E-state index contributed by atoms with van der Waals surface area (Å²) in [4.78, 5) is 8.84. The van der Waals surface area contributed by atoms with Crippen molar-refractivity contribution < 1.29 is 18.7 Å². The number of anilines is 1. The standard InChI is InChI=1S/C20H31ClN9O4PS/c1-31-35(36)17(11-32-10-15(28-22)29-23)33-9-13-6-7-16(34-13)30-19-14(8-24-30)18(26-20(21)27-19)25-12-4-2-3-5-12/h8,12-13,16-17,22,36H,2-7,9-11,23H2,1H3,(H,25,26,27)/b28-22?,29-15-. The quantitative estimate of drug-likeness (QED) is 0.0438. The number of nitrogens with zero attached hydrogens (tertiary/aromatic N) is 6. The van der Waals surface area contributed by atoms with Crippen molar-refractivity contribution in [2.75, 3.05) is 32.2 Å². The van der Waals surface area contributed by atoms with Crippen molar-refractivity contribution in [2.45, 2.75) is 62.7 Å². The molecule has 16 heteroatoms. The van der Waals surface area contributed by atoms with Crippen molar-refractivity contribution in [3.8, 4) is 0 Å². The number of nitrogens with two attached hydrogens (primary N) is 1. The molecule has 1 saturated heterocycles. The van der Waals surface area contributed by atoms with E-state index in [1.165, 1.54) is 12.8 Å². The van der Waals surface area contributed by atoms with Gasteiger partial charge in [0.2, 0.25) is 5.28 Å². The predicted octanol–water partition coefficient (Wildman–Crippen LogP) is 4.06. The first-order valence-electron chi connectivity index (χ1n) is 11.7. The van der Waals surface area contributed by atoms with Crippen molar-refractivity contribution in [3.05, 3.63) is 11.5 Å². The van der Waals surface area contributed by atoms with Gasteiger partial charge in [-0.05, 0) is 37.3 Å². The first-order valence-corrected chi connectivity index (χ1v) is 14.6. The number of amidine groups is 1. The zero-order valence-corrected chi connectivity index (χ0v) is 22.5. The zero-order valence-electron chi connectivity index (χ0n) is 19.9. The van der Waals surface area contributed by atoms with E-state index in [1.807, 2.05) is 0 Å². The maximum Gasteiger partial charge on any atom is 0.226 e. The van der Waals surface area contributed by atoms with Crippen LogP contribution in [0.15, 0.2) is 16.4 Å². The third-order valence-electron chi connectivity index (χ3n) is 6.16. The number of fused-ring (bicyclic) bond motifs is 1. The summed E-state index contributed by atoms with van der Waals surface area (Å²) in [6, 6.07) is 0.392. The van der Waals surface area contributed by atoms with E-state index >= 15 is 0 Å². The molecule has 1 saturated carbocycles. The first-order chi connectivity index (χ1) is 17.5. The second kappa shape index (κ2) is 13.2. The van der Waals surface area contributed by atoms with E-state index in [0.29, 0.717) is 24.1 Å². The topological polar surface area (TPSA) is 167 Å². The summed E-state index contributed by atoms with van der Waals surface area (Å²) in [5, 5.41) is 15.6. The smallest absolute Gasteiger partial charge is 0.226 e. The summed E-state index contributed by atoms with van der Waals surface area (Å²) in [6.07, 6.45) is 7.53. The van der Waals surface area contributed by atoms with Crippen LogP contribution in [-0.2, 0) is 18.7 Å². The number of hydrazone groups is 1. The lowest BCUT2D eigenvalue weighted by Gasteiger charge is -2.23. The number of nitrogens with one attached hydrogen (secondary N) is 2. The number of ether oxygens (including phenoxy) is 3. The van der Waals surface area contributed by atoms with Crippen LogP contribution in [0.4, 0.5) is 5.82 Å². The van der Waals surface area contributed by atoms with Crippen molar-refractivity contribution >= 4 is 53.9 Å². The van der Waals surface area contributed by atoms with Gasteiger partial charge < -0.3 is 29.9 Å². The first kappa shape index (κ1) is 27.4. The van der Waals surface area contributed by atoms with Gasteiger partial charge in [0.05, 0.1) is 30.9 Å². The number of aromatic nitrogens is 4. The molecule has 0 spiro atoms. The highest BCUT2D eigenvalue weighted by Gasteiger charge is 2.31. The Hall–Kier alpha value is -1.67. The van der Waals surface area contributed by atoms with Crippen LogP contribution >= 0.6 is 31.2 Å². The largest absolute Gasteiger partial charge is 0.370 e. The lowest BCUT2D eigenvalue weighted by molar-refractivity contribution is -0.0596. The van der Waals surface area contributed by atoms with Crippen LogP contribution < -0.4 is 11.2 Å². The van der Waals surface area contributed by atoms with Crippen LogP contribution in [0.25, 0.3) is 11.0 Å². The Morgan fingerprint density at radius 3 is 2.92 bits per heavy atom. The molecule has 4 atom stereocenters. The van der Waals surface area contributed by atoms with Gasteiger partial charge in [-0.25, -0.2) is 10.2 Å². The lowest BCUT2D eigenvalue weighted by atomic mass is 10.2. The van der Waals surface area contributed by atoms with Crippen molar-refractivity contribution in [1.29, 1.82) is 5.53 Å². The molecule has 0 bridgehead atoms. The van der Waals surface area contributed by atoms with E-state index in [4.69, 9.17) is 41.7 Å². The Bertz CT molecular complexity index is 1060. The minimum atomic E-state index is -1.20. The van der Waals surface area contributed by atoms with Gasteiger partial charge >= 0.3 is 0 Å². The molecule has 0 amide bonds. The molecule has 2 aromatic heterocycles. The fraction of sp³-hybridized carbons (Fsp3) is 0.700. The van der Waals surface area contributed by atoms with E-state index < -0.39 is 13.2 Å². The van der Waals surface area contributed by atoms with Crippen LogP contribution in [0.3, 0.4) is 0 Å².